The number of rotatable bonds is 8. The number of pyridine rings is 1. The van der Waals surface area contributed by atoms with E-state index in [1.54, 1.807) is 7.11 Å². The lowest BCUT2D eigenvalue weighted by Gasteiger charge is -2.32. The summed E-state index contributed by atoms with van der Waals surface area (Å²) in [5.74, 6) is 1.47. The number of nitrogens with zero attached hydrogens (tertiary/aromatic N) is 5. The summed E-state index contributed by atoms with van der Waals surface area (Å²) in [6.07, 6.45) is 5.71. The fourth-order valence-electron chi connectivity index (χ4n) is 5.20. The number of methoxy groups -OCH3 is 1. The molecule has 1 aliphatic rings. The maximum absolute atomic E-state index is 13.5. The van der Waals surface area contributed by atoms with Gasteiger partial charge in [-0.05, 0) is 59.6 Å². The third-order valence-corrected chi connectivity index (χ3v) is 7.06. The second-order valence-electron chi connectivity index (χ2n) is 9.23. The van der Waals surface area contributed by atoms with Crippen molar-refractivity contribution in [2.75, 3.05) is 13.7 Å². The molecule has 2 heterocycles. The van der Waals surface area contributed by atoms with E-state index >= 15 is 0 Å². The molecule has 1 N–H and O–H groups in total. The van der Waals surface area contributed by atoms with Gasteiger partial charge in [0.25, 0.3) is 5.56 Å². The van der Waals surface area contributed by atoms with E-state index in [1.807, 2.05) is 47.1 Å². The van der Waals surface area contributed by atoms with Crippen molar-refractivity contribution in [3.8, 4) is 5.75 Å². The fraction of sp³-hybridized carbons (Fsp3) is 0.407. The van der Waals surface area contributed by atoms with Crippen molar-refractivity contribution >= 4 is 10.9 Å². The standard InChI is InChI=1S/C27H32N6O2/c1-3-32(18-19-10-6-4-7-11-19)25(26-29-30-31-33(26)21-12-8-5-9-13-21)23-17-20-16-22(35-2)14-15-24(20)28-27(23)34/h4,6-7,10-11,14-17,21,25H,3,5,8-9,12-13,18H2,1-2H3,(H,28,34). The van der Waals surface area contributed by atoms with Gasteiger partial charge in [0.05, 0.1) is 13.2 Å². The molecule has 2 aromatic carbocycles. The third-order valence-electron chi connectivity index (χ3n) is 7.06. The average Bonchev–Trinajstić information content (AvgIpc) is 3.39. The normalized spacial score (nSPS) is 15.5. The van der Waals surface area contributed by atoms with Crippen LogP contribution in [0.4, 0.5) is 0 Å². The van der Waals surface area contributed by atoms with E-state index < -0.39 is 6.04 Å². The van der Waals surface area contributed by atoms with Gasteiger partial charge >= 0.3 is 0 Å². The van der Waals surface area contributed by atoms with Crippen LogP contribution in [-0.4, -0.2) is 43.7 Å². The minimum absolute atomic E-state index is 0.127. The molecule has 0 radical (unpaired) electrons. The molecule has 5 rings (SSSR count). The molecule has 0 saturated heterocycles. The molecule has 35 heavy (non-hydrogen) atoms. The molecule has 182 valence electrons. The number of fused-ring (bicyclic) bond motifs is 1. The number of H-pyrrole nitrogens is 1. The molecule has 4 aromatic rings. The predicted molar refractivity (Wildman–Crippen MR) is 135 cm³/mol. The molecule has 0 bridgehead atoms. The van der Waals surface area contributed by atoms with Crippen LogP contribution in [0.2, 0.25) is 0 Å². The summed E-state index contributed by atoms with van der Waals surface area (Å²) in [5, 5.41) is 13.9. The Morgan fingerprint density at radius 1 is 1.11 bits per heavy atom. The molecular weight excluding hydrogens is 440 g/mol. The summed E-state index contributed by atoms with van der Waals surface area (Å²) in [4.78, 5) is 18.8. The van der Waals surface area contributed by atoms with Gasteiger partial charge in [0, 0.05) is 23.0 Å². The van der Waals surface area contributed by atoms with Crippen LogP contribution in [0.15, 0.2) is 59.4 Å². The molecule has 8 nitrogen and oxygen atoms in total. The predicted octanol–water partition coefficient (Wildman–Crippen LogP) is 4.64. The van der Waals surface area contributed by atoms with Crippen molar-refractivity contribution in [1.82, 2.24) is 30.1 Å². The van der Waals surface area contributed by atoms with Gasteiger partial charge in [-0.15, -0.1) is 5.10 Å². The number of ether oxygens (including phenoxy) is 1. The molecule has 1 atom stereocenters. The van der Waals surface area contributed by atoms with E-state index in [9.17, 15) is 4.79 Å². The maximum Gasteiger partial charge on any atom is 0.253 e. The topological polar surface area (TPSA) is 88.9 Å². The Morgan fingerprint density at radius 2 is 1.91 bits per heavy atom. The van der Waals surface area contributed by atoms with Crippen LogP contribution in [0.25, 0.3) is 10.9 Å². The van der Waals surface area contributed by atoms with Crippen LogP contribution < -0.4 is 10.3 Å². The largest absolute Gasteiger partial charge is 0.497 e. The van der Waals surface area contributed by atoms with Gasteiger partial charge in [0.1, 0.15) is 11.8 Å². The summed E-state index contributed by atoms with van der Waals surface area (Å²) >= 11 is 0. The second kappa shape index (κ2) is 10.4. The number of hydrogen-bond donors (Lipinski definition) is 1. The zero-order valence-electron chi connectivity index (χ0n) is 20.4. The van der Waals surface area contributed by atoms with Gasteiger partial charge in [-0.3, -0.25) is 9.69 Å². The summed E-state index contributed by atoms with van der Waals surface area (Å²) in [6, 6.07) is 17.8. The quantitative estimate of drug-likeness (QED) is 0.402. The van der Waals surface area contributed by atoms with Gasteiger partial charge in [-0.1, -0.05) is 56.5 Å². The maximum atomic E-state index is 13.5. The van der Waals surface area contributed by atoms with Gasteiger partial charge in [-0.25, -0.2) is 4.68 Å². The van der Waals surface area contributed by atoms with Gasteiger partial charge in [0.15, 0.2) is 5.82 Å². The molecule has 8 heteroatoms. The molecule has 1 fully saturated rings. The zero-order chi connectivity index (χ0) is 24.2. The molecule has 0 aliphatic heterocycles. The summed E-state index contributed by atoms with van der Waals surface area (Å²) < 4.78 is 7.41. The number of tetrazole rings is 1. The van der Waals surface area contributed by atoms with Crippen LogP contribution in [0, 0.1) is 0 Å². The molecule has 1 unspecified atom stereocenters. The highest BCUT2D eigenvalue weighted by molar-refractivity contribution is 5.80. The Balaban J connectivity index is 1.65. The van der Waals surface area contributed by atoms with Crippen LogP contribution >= 0.6 is 0 Å². The third kappa shape index (κ3) is 4.84. The smallest absolute Gasteiger partial charge is 0.253 e. The van der Waals surface area contributed by atoms with Crippen LogP contribution in [-0.2, 0) is 6.54 Å². The molecule has 0 amide bonds. The van der Waals surface area contributed by atoms with Gasteiger partial charge < -0.3 is 9.72 Å². The van der Waals surface area contributed by atoms with E-state index in [2.05, 4.69) is 44.5 Å². The Kier molecular flexibility index (Phi) is 6.90. The van der Waals surface area contributed by atoms with Crippen LogP contribution in [0.5, 0.6) is 5.75 Å². The number of aromatic amines is 1. The first-order chi connectivity index (χ1) is 17.2. The Bertz CT molecular complexity index is 1330. The first kappa shape index (κ1) is 23.2. The Labute approximate surface area is 204 Å². The Morgan fingerprint density at radius 3 is 2.66 bits per heavy atom. The van der Waals surface area contributed by atoms with E-state index in [4.69, 9.17) is 4.74 Å². The second-order valence-corrected chi connectivity index (χ2v) is 9.23. The zero-order valence-corrected chi connectivity index (χ0v) is 20.4. The lowest BCUT2D eigenvalue weighted by atomic mass is 9.95. The summed E-state index contributed by atoms with van der Waals surface area (Å²) in [6.45, 7) is 3.52. The fourth-order valence-corrected chi connectivity index (χ4v) is 5.20. The van der Waals surface area contributed by atoms with Crippen molar-refractivity contribution in [2.45, 2.75) is 57.7 Å². The molecule has 2 aromatic heterocycles. The minimum atomic E-state index is -0.392. The van der Waals surface area contributed by atoms with Crippen molar-refractivity contribution in [3.63, 3.8) is 0 Å². The van der Waals surface area contributed by atoms with Crippen LogP contribution in [0.1, 0.15) is 68.1 Å². The molecule has 0 spiro atoms. The van der Waals surface area contributed by atoms with Crippen LogP contribution in [0.3, 0.4) is 0 Å². The monoisotopic (exact) mass is 472 g/mol. The lowest BCUT2D eigenvalue weighted by Crippen LogP contribution is -2.35. The van der Waals surface area contributed by atoms with E-state index in [0.717, 1.165) is 41.9 Å². The van der Waals surface area contributed by atoms with Crippen molar-refractivity contribution in [2.24, 2.45) is 0 Å². The van der Waals surface area contributed by atoms with Gasteiger partial charge in [-0.2, -0.15) is 0 Å². The highest BCUT2D eigenvalue weighted by Crippen LogP contribution is 2.34. The first-order valence-corrected chi connectivity index (χ1v) is 12.4. The molecule has 1 aliphatic carbocycles. The summed E-state index contributed by atoms with van der Waals surface area (Å²) in [7, 11) is 1.65. The van der Waals surface area contributed by atoms with Crippen molar-refractivity contribution < 1.29 is 4.74 Å². The number of nitrogens with one attached hydrogen (secondary N) is 1. The van der Waals surface area contributed by atoms with E-state index in [0.29, 0.717) is 12.1 Å². The van der Waals surface area contributed by atoms with Gasteiger partial charge in [0.2, 0.25) is 0 Å². The minimum Gasteiger partial charge on any atom is -0.497 e. The van der Waals surface area contributed by atoms with E-state index in [1.165, 1.54) is 24.8 Å². The average molecular weight is 473 g/mol. The SMILES string of the molecule is CCN(Cc1ccccc1)C(c1cc2cc(OC)ccc2[nH]c1=O)c1nnnn1C1CCCCC1. The first-order valence-electron chi connectivity index (χ1n) is 12.4. The van der Waals surface area contributed by atoms with Crippen molar-refractivity contribution in [1.29, 1.82) is 0 Å². The van der Waals surface area contributed by atoms with E-state index in [-0.39, 0.29) is 11.6 Å². The highest BCUT2D eigenvalue weighted by atomic mass is 16.5. The summed E-state index contributed by atoms with van der Waals surface area (Å²) in [5.41, 5.74) is 2.46. The highest BCUT2D eigenvalue weighted by Gasteiger charge is 2.32. The molecular formula is C27H32N6O2. The number of hydrogen-bond acceptors (Lipinski definition) is 6. The lowest BCUT2D eigenvalue weighted by molar-refractivity contribution is 0.204. The van der Waals surface area contributed by atoms with Crippen molar-refractivity contribution in [3.05, 3.63) is 81.9 Å². The number of benzene rings is 2. The Hall–Kier alpha value is -3.52. The molecule has 1 saturated carbocycles. The number of aromatic nitrogens is 5.